The van der Waals surface area contributed by atoms with Gasteiger partial charge in [-0.2, -0.15) is 10.2 Å². The lowest BCUT2D eigenvalue weighted by Gasteiger charge is -2.12. The Morgan fingerprint density at radius 3 is 1.39 bits per heavy atom. The van der Waals surface area contributed by atoms with E-state index in [1.165, 1.54) is 106 Å². The molecule has 0 N–H and O–H groups in total. The zero-order valence-corrected chi connectivity index (χ0v) is 30.6. The molecule has 0 unspecified atom stereocenters. The van der Waals surface area contributed by atoms with E-state index in [9.17, 15) is 0 Å². The van der Waals surface area contributed by atoms with Gasteiger partial charge in [0.25, 0.3) is 0 Å². The minimum atomic E-state index is 0.677. The van der Waals surface area contributed by atoms with E-state index in [4.69, 9.17) is 9.47 Å². The van der Waals surface area contributed by atoms with E-state index in [0.717, 1.165) is 54.3 Å². The highest BCUT2D eigenvalue weighted by Gasteiger charge is 2.06. The monoisotopic (exact) mass is 660 g/mol. The summed E-state index contributed by atoms with van der Waals surface area (Å²) in [6.07, 6.45) is 21.2. The van der Waals surface area contributed by atoms with Gasteiger partial charge in [0.1, 0.15) is 11.5 Å². The largest absolute Gasteiger partial charge is 0.494 e. The lowest BCUT2D eigenvalue weighted by molar-refractivity contribution is 0.301. The molecule has 4 nitrogen and oxygen atoms in total. The van der Waals surface area contributed by atoms with Gasteiger partial charge in [-0.15, -0.1) is 0 Å². The summed E-state index contributed by atoms with van der Waals surface area (Å²) in [6, 6.07) is 31.4. The van der Waals surface area contributed by atoms with E-state index in [1.807, 2.05) is 37.3 Å². The Balaban J connectivity index is 1.17. The number of nitrogens with zero attached hydrogens (tertiary/aromatic N) is 2. The first-order chi connectivity index (χ1) is 24.2. The Labute approximate surface area is 297 Å². The highest BCUT2D eigenvalue weighted by atomic mass is 16.5. The minimum Gasteiger partial charge on any atom is -0.494 e. The first-order valence-corrected chi connectivity index (χ1v) is 19.3. The summed E-state index contributed by atoms with van der Waals surface area (Å²) in [7, 11) is 0. The van der Waals surface area contributed by atoms with Crippen LogP contribution in [0.5, 0.6) is 11.5 Å². The zero-order chi connectivity index (χ0) is 34.4. The number of ether oxygens (including phenoxy) is 2. The van der Waals surface area contributed by atoms with Crippen LogP contribution in [0.2, 0.25) is 0 Å². The highest BCUT2D eigenvalue weighted by molar-refractivity contribution is 5.71. The quantitative estimate of drug-likeness (QED) is 0.0554. The van der Waals surface area contributed by atoms with Crippen molar-refractivity contribution in [2.24, 2.45) is 10.2 Å². The normalized spacial score (nSPS) is 11.3. The lowest BCUT2D eigenvalue weighted by Crippen LogP contribution is -2.00. The van der Waals surface area contributed by atoms with E-state index in [-0.39, 0.29) is 0 Å². The Kier molecular flexibility index (Phi) is 17.5. The molecule has 0 radical (unpaired) electrons. The van der Waals surface area contributed by atoms with Gasteiger partial charge in [-0.05, 0) is 90.0 Å². The van der Waals surface area contributed by atoms with Gasteiger partial charge in [0.05, 0.1) is 24.6 Å². The number of hydrogen-bond donors (Lipinski definition) is 0. The molecule has 0 spiro atoms. The van der Waals surface area contributed by atoms with Crippen LogP contribution < -0.4 is 9.47 Å². The van der Waals surface area contributed by atoms with Crippen molar-refractivity contribution >= 4 is 11.4 Å². The van der Waals surface area contributed by atoms with Crippen molar-refractivity contribution in [3.05, 3.63) is 96.6 Å². The molecule has 0 fully saturated rings. The average Bonchev–Trinajstić information content (AvgIpc) is 3.14. The number of hydrogen-bond acceptors (Lipinski definition) is 4. The van der Waals surface area contributed by atoms with Gasteiger partial charge in [-0.25, -0.2) is 0 Å². The molecule has 0 saturated heterocycles. The maximum atomic E-state index is 6.24. The van der Waals surface area contributed by atoms with E-state index in [2.05, 4.69) is 84.7 Å². The highest BCUT2D eigenvalue weighted by Crippen LogP contribution is 2.30. The predicted molar refractivity (Wildman–Crippen MR) is 209 cm³/mol. The second-order valence-corrected chi connectivity index (χ2v) is 13.3. The molecule has 0 aliphatic heterocycles. The molecular formula is C45H60N2O2. The van der Waals surface area contributed by atoms with Gasteiger partial charge < -0.3 is 9.47 Å². The van der Waals surface area contributed by atoms with E-state index in [1.54, 1.807) is 0 Å². The SMILES string of the molecule is CCCCCCCCCCCCCCCCOc1ccc(/N=N/c2ccc(-c3ccc(-c4ccc(OCC)cc4)cc3)cc2)cc1CCC. The smallest absolute Gasteiger partial charge is 0.122 e. The van der Waals surface area contributed by atoms with Crippen molar-refractivity contribution in [3.8, 4) is 33.8 Å². The van der Waals surface area contributed by atoms with Crippen LogP contribution >= 0.6 is 0 Å². The van der Waals surface area contributed by atoms with Crippen LogP contribution in [0.3, 0.4) is 0 Å². The van der Waals surface area contributed by atoms with E-state index in [0.29, 0.717) is 6.61 Å². The summed E-state index contributed by atoms with van der Waals surface area (Å²) >= 11 is 0. The van der Waals surface area contributed by atoms with Crippen LogP contribution in [0, 0.1) is 0 Å². The van der Waals surface area contributed by atoms with Crippen LogP contribution in [0.25, 0.3) is 22.3 Å². The van der Waals surface area contributed by atoms with Crippen LogP contribution in [0.15, 0.2) is 101 Å². The summed E-state index contributed by atoms with van der Waals surface area (Å²) < 4.78 is 11.8. The summed E-state index contributed by atoms with van der Waals surface area (Å²) in [6.45, 7) is 7.96. The van der Waals surface area contributed by atoms with E-state index >= 15 is 0 Å². The number of unbranched alkanes of at least 4 members (excludes halogenated alkanes) is 13. The fourth-order valence-electron chi connectivity index (χ4n) is 6.31. The first kappa shape index (κ1) is 37.9. The maximum absolute atomic E-state index is 6.24. The molecular weight excluding hydrogens is 601 g/mol. The van der Waals surface area contributed by atoms with Crippen molar-refractivity contribution < 1.29 is 9.47 Å². The Bertz CT molecular complexity index is 1480. The predicted octanol–water partition coefficient (Wildman–Crippen LogP) is 14.6. The third-order valence-corrected chi connectivity index (χ3v) is 9.18. The molecule has 0 bridgehead atoms. The third-order valence-electron chi connectivity index (χ3n) is 9.18. The fourth-order valence-corrected chi connectivity index (χ4v) is 6.31. The van der Waals surface area contributed by atoms with Crippen LogP contribution in [-0.2, 0) is 6.42 Å². The molecule has 0 aliphatic carbocycles. The number of azo groups is 1. The summed E-state index contributed by atoms with van der Waals surface area (Å²) in [5, 5.41) is 9.10. The second-order valence-electron chi connectivity index (χ2n) is 13.3. The Hall–Kier alpha value is -3.92. The topological polar surface area (TPSA) is 43.2 Å². The molecule has 262 valence electrons. The third kappa shape index (κ3) is 13.8. The van der Waals surface area contributed by atoms with Gasteiger partial charge in [0.15, 0.2) is 0 Å². The van der Waals surface area contributed by atoms with E-state index < -0.39 is 0 Å². The van der Waals surface area contributed by atoms with Gasteiger partial charge in [0.2, 0.25) is 0 Å². The molecule has 49 heavy (non-hydrogen) atoms. The lowest BCUT2D eigenvalue weighted by atomic mass is 10.0. The molecule has 4 aromatic carbocycles. The average molecular weight is 661 g/mol. The minimum absolute atomic E-state index is 0.677. The molecule has 0 atom stereocenters. The first-order valence-electron chi connectivity index (χ1n) is 19.3. The van der Waals surface area contributed by atoms with Gasteiger partial charge >= 0.3 is 0 Å². The van der Waals surface area contributed by atoms with Gasteiger partial charge in [0, 0.05) is 0 Å². The summed E-state index contributed by atoms with van der Waals surface area (Å²) in [5.41, 5.74) is 7.61. The second kappa shape index (κ2) is 22.7. The van der Waals surface area contributed by atoms with Crippen LogP contribution in [-0.4, -0.2) is 13.2 Å². The number of aryl methyl sites for hydroxylation is 1. The van der Waals surface area contributed by atoms with Crippen molar-refractivity contribution in [2.45, 2.75) is 124 Å². The molecule has 0 saturated carbocycles. The fraction of sp³-hybridized carbons (Fsp3) is 0.467. The van der Waals surface area contributed by atoms with Crippen molar-refractivity contribution in [2.75, 3.05) is 13.2 Å². The zero-order valence-electron chi connectivity index (χ0n) is 30.6. The molecule has 0 aliphatic rings. The molecule has 0 heterocycles. The van der Waals surface area contributed by atoms with Crippen LogP contribution in [0.1, 0.15) is 123 Å². The van der Waals surface area contributed by atoms with Crippen molar-refractivity contribution in [1.82, 2.24) is 0 Å². The molecule has 0 amide bonds. The Morgan fingerprint density at radius 2 is 0.878 bits per heavy atom. The van der Waals surface area contributed by atoms with Gasteiger partial charge in [-0.3, -0.25) is 0 Å². The molecule has 4 rings (SSSR count). The number of benzene rings is 4. The Morgan fingerprint density at radius 1 is 0.429 bits per heavy atom. The maximum Gasteiger partial charge on any atom is 0.122 e. The molecule has 0 aromatic heterocycles. The summed E-state index contributed by atoms with van der Waals surface area (Å²) in [4.78, 5) is 0. The van der Waals surface area contributed by atoms with Crippen molar-refractivity contribution in [3.63, 3.8) is 0 Å². The number of rotatable bonds is 24. The standard InChI is InChI=1S/C45H60N2O2/c1-4-7-8-9-10-11-12-13-14-15-16-17-18-19-35-49-45-34-31-43(36-41(45)20-5-2)47-46-42-29-25-39(26-30-42)37-21-23-38(24-22-37)40-27-32-44(33-28-40)48-6-3/h21-34,36H,4-20,35H2,1-3H3/b47-46+. The molecule has 4 heteroatoms. The van der Waals surface area contributed by atoms with Crippen LogP contribution in [0.4, 0.5) is 11.4 Å². The molecule has 4 aromatic rings. The van der Waals surface area contributed by atoms with Gasteiger partial charge in [-0.1, -0.05) is 152 Å². The van der Waals surface area contributed by atoms with Crippen molar-refractivity contribution in [1.29, 1.82) is 0 Å². The summed E-state index contributed by atoms with van der Waals surface area (Å²) in [5.74, 6) is 1.89.